The summed E-state index contributed by atoms with van der Waals surface area (Å²) in [6.07, 6.45) is 0.794. The van der Waals surface area contributed by atoms with Gasteiger partial charge in [0.2, 0.25) is 5.91 Å². The molecular formula is C17H23ClN4O3. The summed E-state index contributed by atoms with van der Waals surface area (Å²) in [6.45, 7) is 6.68. The Hall–Kier alpha value is -2.28. The van der Waals surface area contributed by atoms with E-state index >= 15 is 0 Å². The zero-order valence-corrected chi connectivity index (χ0v) is 15.4. The van der Waals surface area contributed by atoms with Gasteiger partial charge in [-0.05, 0) is 38.5 Å². The van der Waals surface area contributed by atoms with Crippen LogP contribution in [0.25, 0.3) is 0 Å². The van der Waals surface area contributed by atoms with Crippen molar-refractivity contribution in [3.8, 4) is 0 Å². The predicted molar refractivity (Wildman–Crippen MR) is 96.9 cm³/mol. The van der Waals surface area contributed by atoms with Crippen molar-refractivity contribution in [1.29, 1.82) is 0 Å². The molecule has 1 heterocycles. The predicted octanol–water partition coefficient (Wildman–Crippen LogP) is 2.22. The maximum Gasteiger partial charge on any atom is 0.324 e. The van der Waals surface area contributed by atoms with E-state index in [0.29, 0.717) is 29.4 Å². The highest BCUT2D eigenvalue weighted by Gasteiger charge is 2.25. The Morgan fingerprint density at radius 3 is 2.64 bits per heavy atom. The molecule has 3 N–H and O–H groups in total. The number of carbonyl (C=O) groups excluding carboxylic acids is 3. The number of imide groups is 1. The van der Waals surface area contributed by atoms with Crippen LogP contribution in [0, 0.1) is 0 Å². The number of benzene rings is 1. The molecule has 7 nitrogen and oxygen atoms in total. The smallest absolute Gasteiger partial charge is 0.324 e. The molecule has 0 spiro atoms. The Labute approximate surface area is 152 Å². The van der Waals surface area contributed by atoms with Gasteiger partial charge in [0.15, 0.2) is 0 Å². The molecule has 0 bridgehead atoms. The number of nitrogens with one attached hydrogen (secondary N) is 3. The van der Waals surface area contributed by atoms with Gasteiger partial charge >= 0.3 is 6.03 Å². The van der Waals surface area contributed by atoms with Crippen LogP contribution in [0.4, 0.5) is 10.5 Å². The lowest BCUT2D eigenvalue weighted by molar-refractivity contribution is -0.125. The second-order valence-electron chi connectivity index (χ2n) is 6.52. The van der Waals surface area contributed by atoms with Crippen molar-refractivity contribution in [3.63, 3.8) is 0 Å². The van der Waals surface area contributed by atoms with E-state index in [1.54, 1.807) is 18.2 Å². The molecule has 136 valence electrons. The minimum Gasteiger partial charge on any atom is -0.376 e. The quantitative estimate of drug-likeness (QED) is 0.720. The van der Waals surface area contributed by atoms with Gasteiger partial charge in [0, 0.05) is 24.3 Å². The van der Waals surface area contributed by atoms with Crippen molar-refractivity contribution in [2.75, 3.05) is 25.0 Å². The molecule has 0 unspecified atom stereocenters. The molecule has 1 aliphatic rings. The van der Waals surface area contributed by atoms with Crippen molar-refractivity contribution in [1.82, 2.24) is 15.5 Å². The summed E-state index contributed by atoms with van der Waals surface area (Å²) < 4.78 is 0. The average molecular weight is 367 g/mol. The number of urea groups is 1. The third-order valence-electron chi connectivity index (χ3n) is 4.15. The molecule has 1 aromatic rings. The molecule has 1 saturated heterocycles. The second-order valence-corrected chi connectivity index (χ2v) is 6.92. The fraction of sp³-hybridized carbons (Fsp3) is 0.471. The molecular weight excluding hydrogens is 344 g/mol. The molecule has 0 radical (unpaired) electrons. The highest BCUT2D eigenvalue weighted by Crippen LogP contribution is 2.22. The largest absolute Gasteiger partial charge is 0.376 e. The van der Waals surface area contributed by atoms with Crippen LogP contribution in [0.2, 0.25) is 5.02 Å². The lowest BCUT2D eigenvalue weighted by Gasteiger charge is -2.24. The molecule has 0 saturated carbocycles. The zero-order chi connectivity index (χ0) is 18.6. The van der Waals surface area contributed by atoms with Crippen LogP contribution in [-0.2, 0) is 4.79 Å². The molecule has 1 fully saturated rings. The summed E-state index contributed by atoms with van der Waals surface area (Å²) >= 11 is 6.20. The maximum atomic E-state index is 12.3. The van der Waals surface area contributed by atoms with E-state index in [4.69, 9.17) is 11.6 Å². The maximum absolute atomic E-state index is 12.3. The lowest BCUT2D eigenvalue weighted by Crippen LogP contribution is -2.42. The van der Waals surface area contributed by atoms with E-state index in [2.05, 4.69) is 16.0 Å². The summed E-state index contributed by atoms with van der Waals surface area (Å²) in [5, 5.41) is 8.71. The summed E-state index contributed by atoms with van der Waals surface area (Å²) in [6, 6.07) is 4.50. The molecule has 25 heavy (non-hydrogen) atoms. The normalized spacial score (nSPS) is 14.2. The fourth-order valence-electron chi connectivity index (χ4n) is 2.25. The van der Waals surface area contributed by atoms with Gasteiger partial charge in [-0.25, -0.2) is 4.79 Å². The van der Waals surface area contributed by atoms with Crippen molar-refractivity contribution >= 4 is 35.1 Å². The molecule has 0 aliphatic carbocycles. The van der Waals surface area contributed by atoms with Crippen LogP contribution in [0.5, 0.6) is 0 Å². The van der Waals surface area contributed by atoms with Crippen LogP contribution < -0.4 is 16.0 Å². The van der Waals surface area contributed by atoms with Gasteiger partial charge in [0.05, 0.1) is 17.1 Å². The van der Waals surface area contributed by atoms with Crippen molar-refractivity contribution in [2.24, 2.45) is 0 Å². The first kappa shape index (κ1) is 19.1. The number of halogens is 1. The van der Waals surface area contributed by atoms with Gasteiger partial charge < -0.3 is 16.0 Å². The van der Waals surface area contributed by atoms with Crippen LogP contribution in [0.1, 0.15) is 37.6 Å². The first-order valence-corrected chi connectivity index (χ1v) is 8.55. The molecule has 1 aliphatic heterocycles. The van der Waals surface area contributed by atoms with E-state index < -0.39 is 0 Å². The second kappa shape index (κ2) is 7.74. The van der Waals surface area contributed by atoms with Crippen molar-refractivity contribution in [3.05, 3.63) is 28.8 Å². The number of anilines is 1. The zero-order valence-electron chi connectivity index (χ0n) is 14.6. The van der Waals surface area contributed by atoms with Crippen LogP contribution >= 0.6 is 11.6 Å². The van der Waals surface area contributed by atoms with Crippen LogP contribution in [0.3, 0.4) is 0 Å². The van der Waals surface area contributed by atoms with E-state index in [9.17, 15) is 14.4 Å². The fourth-order valence-corrected chi connectivity index (χ4v) is 2.52. The van der Waals surface area contributed by atoms with Crippen molar-refractivity contribution < 1.29 is 14.4 Å². The van der Waals surface area contributed by atoms with Crippen LogP contribution in [0.15, 0.2) is 18.2 Å². The molecule has 8 heteroatoms. The number of amides is 4. The number of carbonyl (C=O) groups is 3. The average Bonchev–Trinajstić information content (AvgIpc) is 2.98. The highest BCUT2D eigenvalue weighted by molar-refractivity contribution is 6.34. The summed E-state index contributed by atoms with van der Waals surface area (Å²) in [5.74, 6) is -0.564. The van der Waals surface area contributed by atoms with E-state index in [1.165, 1.54) is 0 Å². The number of rotatable bonds is 6. The SMILES string of the molecule is CCC(C)(C)NC(=O)c1ccc(NCC(=O)N2CCNC2=O)cc1Cl. The van der Waals surface area contributed by atoms with Gasteiger partial charge in [-0.2, -0.15) is 0 Å². The standard InChI is InChI=1S/C17H23ClN4O3/c1-4-17(2,3)21-15(24)12-6-5-11(9-13(12)18)20-10-14(23)22-8-7-19-16(22)25/h5-6,9,20H,4,7-8,10H2,1-3H3,(H,19,25)(H,21,24). The summed E-state index contributed by atoms with van der Waals surface area (Å²) in [5.41, 5.74) is 0.656. The topological polar surface area (TPSA) is 90.5 Å². The Balaban J connectivity index is 1.98. The van der Waals surface area contributed by atoms with E-state index in [0.717, 1.165) is 11.3 Å². The van der Waals surface area contributed by atoms with Crippen molar-refractivity contribution in [2.45, 2.75) is 32.7 Å². The van der Waals surface area contributed by atoms with Gasteiger partial charge in [-0.1, -0.05) is 18.5 Å². The molecule has 0 aromatic heterocycles. The Morgan fingerprint density at radius 1 is 1.36 bits per heavy atom. The van der Waals surface area contributed by atoms with Gasteiger partial charge in [0.25, 0.3) is 5.91 Å². The Bertz CT molecular complexity index is 690. The monoisotopic (exact) mass is 366 g/mol. The van der Waals surface area contributed by atoms with E-state index in [-0.39, 0.29) is 29.9 Å². The highest BCUT2D eigenvalue weighted by atomic mass is 35.5. The molecule has 4 amide bonds. The van der Waals surface area contributed by atoms with Crippen LogP contribution in [-0.4, -0.2) is 47.9 Å². The number of hydrogen-bond acceptors (Lipinski definition) is 4. The third kappa shape index (κ3) is 4.85. The molecule has 1 aromatic carbocycles. The lowest BCUT2D eigenvalue weighted by atomic mass is 10.0. The Kier molecular flexibility index (Phi) is 5.89. The summed E-state index contributed by atoms with van der Waals surface area (Å²) in [4.78, 5) is 36.9. The summed E-state index contributed by atoms with van der Waals surface area (Å²) in [7, 11) is 0. The van der Waals surface area contributed by atoms with Gasteiger partial charge in [-0.15, -0.1) is 0 Å². The molecule has 0 atom stereocenters. The van der Waals surface area contributed by atoms with Gasteiger partial charge in [0.1, 0.15) is 0 Å². The first-order chi connectivity index (χ1) is 11.7. The first-order valence-electron chi connectivity index (χ1n) is 8.17. The Morgan fingerprint density at radius 2 is 2.08 bits per heavy atom. The third-order valence-corrected chi connectivity index (χ3v) is 4.46. The minimum absolute atomic E-state index is 0.0296. The number of nitrogens with zero attached hydrogens (tertiary/aromatic N) is 1. The molecule has 2 rings (SSSR count). The van der Waals surface area contributed by atoms with E-state index in [1.807, 2.05) is 20.8 Å². The number of hydrogen-bond donors (Lipinski definition) is 3. The minimum atomic E-state index is -0.379. The van der Waals surface area contributed by atoms with Gasteiger partial charge in [-0.3, -0.25) is 14.5 Å².